The van der Waals surface area contributed by atoms with Crippen LogP contribution in [0.3, 0.4) is 0 Å². The van der Waals surface area contributed by atoms with Gasteiger partial charge in [0, 0.05) is 18.3 Å². The predicted molar refractivity (Wildman–Crippen MR) is 77.1 cm³/mol. The summed E-state index contributed by atoms with van der Waals surface area (Å²) >= 11 is 0. The van der Waals surface area contributed by atoms with Crippen molar-refractivity contribution in [3.05, 3.63) is 89.7 Å². The fourth-order valence-corrected chi connectivity index (χ4v) is 3.07. The maximum atomic E-state index is 4.13. The molecule has 0 spiro atoms. The quantitative estimate of drug-likeness (QED) is 0.487. The third kappa shape index (κ3) is 1.52. The molecule has 0 saturated heterocycles. The Hall–Kier alpha value is -2.41. The van der Waals surface area contributed by atoms with Gasteiger partial charge in [0.05, 0.1) is 0 Å². The van der Waals surface area contributed by atoms with E-state index in [4.69, 9.17) is 0 Å². The van der Waals surface area contributed by atoms with E-state index in [2.05, 4.69) is 65.6 Å². The van der Waals surface area contributed by atoms with Crippen LogP contribution in [0, 0.1) is 0 Å². The molecule has 4 rings (SSSR count). The molecular formula is C18H13N. The van der Waals surface area contributed by atoms with Crippen LogP contribution < -0.4 is 0 Å². The Bertz CT molecular complexity index is 686. The summed E-state index contributed by atoms with van der Waals surface area (Å²) in [6.45, 7) is 0. The Balaban J connectivity index is 2.02. The molecule has 1 aromatic heterocycles. The first kappa shape index (κ1) is 10.5. The highest BCUT2D eigenvalue weighted by molar-refractivity contribution is 5.80. The molecule has 90 valence electrons. The average Bonchev–Trinajstić information content (AvgIpc) is 2.83. The summed E-state index contributed by atoms with van der Waals surface area (Å²) in [7, 11) is 0. The molecule has 0 saturated carbocycles. The first-order chi connectivity index (χ1) is 9.45. The van der Waals surface area contributed by atoms with Gasteiger partial charge in [-0.2, -0.15) is 0 Å². The second kappa shape index (κ2) is 4.06. The molecule has 1 aliphatic carbocycles. The molecule has 0 amide bonds. The van der Waals surface area contributed by atoms with Crippen molar-refractivity contribution in [3.8, 4) is 11.1 Å². The van der Waals surface area contributed by atoms with E-state index >= 15 is 0 Å². The molecule has 0 atom stereocenters. The van der Waals surface area contributed by atoms with Crippen molar-refractivity contribution in [1.29, 1.82) is 0 Å². The fourth-order valence-electron chi connectivity index (χ4n) is 3.07. The summed E-state index contributed by atoms with van der Waals surface area (Å²) < 4.78 is 0. The van der Waals surface area contributed by atoms with E-state index in [1.807, 2.05) is 12.4 Å². The van der Waals surface area contributed by atoms with Crippen molar-refractivity contribution >= 4 is 0 Å². The minimum Gasteiger partial charge on any atom is -0.265 e. The lowest BCUT2D eigenvalue weighted by Crippen LogP contribution is -1.98. The van der Waals surface area contributed by atoms with E-state index in [0.29, 0.717) is 5.92 Å². The SMILES string of the molecule is c1ccc2c(c1)-c1ccccc1C2c1ccncc1. The zero-order valence-electron chi connectivity index (χ0n) is 10.5. The highest BCUT2D eigenvalue weighted by Gasteiger charge is 2.28. The van der Waals surface area contributed by atoms with E-state index in [-0.39, 0.29) is 0 Å². The first-order valence-electron chi connectivity index (χ1n) is 6.53. The van der Waals surface area contributed by atoms with Crippen molar-refractivity contribution in [2.75, 3.05) is 0 Å². The maximum Gasteiger partial charge on any atom is 0.0353 e. The minimum atomic E-state index is 0.343. The molecule has 0 fully saturated rings. The fraction of sp³-hybridized carbons (Fsp3) is 0.0556. The molecule has 0 unspecified atom stereocenters. The smallest absolute Gasteiger partial charge is 0.0353 e. The summed E-state index contributed by atoms with van der Waals surface area (Å²) in [5.41, 5.74) is 6.83. The van der Waals surface area contributed by atoms with Crippen molar-refractivity contribution in [1.82, 2.24) is 4.98 Å². The van der Waals surface area contributed by atoms with Gasteiger partial charge in [0.25, 0.3) is 0 Å². The van der Waals surface area contributed by atoms with Crippen LogP contribution in [-0.2, 0) is 0 Å². The van der Waals surface area contributed by atoms with Crippen molar-refractivity contribution < 1.29 is 0 Å². The summed E-state index contributed by atoms with van der Waals surface area (Å²) in [6.07, 6.45) is 3.75. The third-order valence-corrected chi connectivity index (χ3v) is 3.87. The number of fused-ring (bicyclic) bond motifs is 3. The van der Waals surface area contributed by atoms with E-state index in [9.17, 15) is 0 Å². The number of pyridine rings is 1. The number of rotatable bonds is 1. The van der Waals surface area contributed by atoms with Gasteiger partial charge >= 0.3 is 0 Å². The van der Waals surface area contributed by atoms with Gasteiger partial charge in [-0.25, -0.2) is 0 Å². The lowest BCUT2D eigenvalue weighted by atomic mass is 9.90. The highest BCUT2D eigenvalue weighted by Crippen LogP contribution is 2.47. The van der Waals surface area contributed by atoms with E-state index in [1.54, 1.807) is 0 Å². The largest absolute Gasteiger partial charge is 0.265 e. The average molecular weight is 243 g/mol. The second-order valence-electron chi connectivity index (χ2n) is 4.89. The number of benzene rings is 2. The summed E-state index contributed by atoms with van der Waals surface area (Å²) in [6, 6.07) is 21.6. The van der Waals surface area contributed by atoms with Crippen LogP contribution in [-0.4, -0.2) is 4.98 Å². The highest BCUT2D eigenvalue weighted by atomic mass is 14.6. The summed E-state index contributed by atoms with van der Waals surface area (Å²) in [5.74, 6) is 0.343. The Morgan fingerprint density at radius 3 is 1.74 bits per heavy atom. The van der Waals surface area contributed by atoms with E-state index in [1.165, 1.54) is 27.8 Å². The zero-order chi connectivity index (χ0) is 12.7. The maximum absolute atomic E-state index is 4.13. The zero-order valence-corrected chi connectivity index (χ0v) is 10.5. The van der Waals surface area contributed by atoms with Gasteiger partial charge in [0.1, 0.15) is 0 Å². The number of hydrogen-bond acceptors (Lipinski definition) is 1. The first-order valence-corrected chi connectivity index (χ1v) is 6.53. The molecule has 0 radical (unpaired) electrons. The van der Waals surface area contributed by atoms with Crippen LogP contribution in [0.25, 0.3) is 11.1 Å². The standard InChI is InChI=1S/C18H13N/c1-3-7-16-14(5-1)15-6-2-4-8-17(15)18(16)13-9-11-19-12-10-13/h1-12,18H. The third-order valence-electron chi connectivity index (χ3n) is 3.87. The topological polar surface area (TPSA) is 12.9 Å². The summed E-state index contributed by atoms with van der Waals surface area (Å²) in [4.78, 5) is 4.13. The van der Waals surface area contributed by atoms with Crippen LogP contribution in [0.4, 0.5) is 0 Å². The van der Waals surface area contributed by atoms with Crippen LogP contribution in [0.5, 0.6) is 0 Å². The molecule has 3 aromatic rings. The van der Waals surface area contributed by atoms with E-state index in [0.717, 1.165) is 0 Å². The molecule has 19 heavy (non-hydrogen) atoms. The minimum absolute atomic E-state index is 0.343. The predicted octanol–water partition coefficient (Wildman–Crippen LogP) is 4.24. The van der Waals surface area contributed by atoms with Gasteiger partial charge < -0.3 is 0 Å². The van der Waals surface area contributed by atoms with Crippen molar-refractivity contribution in [3.63, 3.8) is 0 Å². The number of nitrogens with zero attached hydrogens (tertiary/aromatic N) is 1. The molecular weight excluding hydrogens is 230 g/mol. The molecule has 0 N–H and O–H groups in total. The van der Waals surface area contributed by atoms with Crippen LogP contribution >= 0.6 is 0 Å². The van der Waals surface area contributed by atoms with Crippen LogP contribution in [0.15, 0.2) is 73.1 Å². The van der Waals surface area contributed by atoms with Crippen LogP contribution in [0.2, 0.25) is 0 Å². The van der Waals surface area contributed by atoms with Gasteiger partial charge in [-0.3, -0.25) is 4.98 Å². The number of hydrogen-bond donors (Lipinski definition) is 0. The molecule has 1 heteroatoms. The summed E-state index contributed by atoms with van der Waals surface area (Å²) in [5, 5.41) is 0. The lowest BCUT2D eigenvalue weighted by molar-refractivity contribution is 1.01. The van der Waals surface area contributed by atoms with Crippen molar-refractivity contribution in [2.24, 2.45) is 0 Å². The normalized spacial score (nSPS) is 13.1. The molecule has 1 aliphatic rings. The van der Waals surface area contributed by atoms with Crippen LogP contribution in [0.1, 0.15) is 22.6 Å². The molecule has 0 aliphatic heterocycles. The molecule has 2 aromatic carbocycles. The van der Waals surface area contributed by atoms with Crippen molar-refractivity contribution in [2.45, 2.75) is 5.92 Å². The molecule has 0 bridgehead atoms. The van der Waals surface area contributed by atoms with E-state index < -0.39 is 0 Å². The lowest BCUT2D eigenvalue weighted by Gasteiger charge is -2.13. The van der Waals surface area contributed by atoms with Gasteiger partial charge in [-0.05, 0) is 39.9 Å². The number of aromatic nitrogens is 1. The van der Waals surface area contributed by atoms with Gasteiger partial charge in [-0.1, -0.05) is 48.5 Å². The van der Waals surface area contributed by atoms with Gasteiger partial charge in [0.15, 0.2) is 0 Å². The Kier molecular flexibility index (Phi) is 2.25. The molecule has 1 nitrogen and oxygen atoms in total. The van der Waals surface area contributed by atoms with Gasteiger partial charge in [0.2, 0.25) is 0 Å². The Labute approximate surface area is 112 Å². The van der Waals surface area contributed by atoms with Gasteiger partial charge in [-0.15, -0.1) is 0 Å². The second-order valence-corrected chi connectivity index (χ2v) is 4.89. The molecule has 1 heterocycles. The Morgan fingerprint density at radius 1 is 0.632 bits per heavy atom. The Morgan fingerprint density at radius 2 is 1.16 bits per heavy atom. The monoisotopic (exact) mass is 243 g/mol.